The molecule has 0 unspecified atom stereocenters. The molecule has 2 saturated carbocycles. The number of hydrogen-bond donors (Lipinski definition) is 16. The van der Waals surface area contributed by atoms with Gasteiger partial charge in [0.05, 0.1) is 13.0 Å². The second-order valence-corrected chi connectivity index (χ2v) is 22.8. The van der Waals surface area contributed by atoms with Crippen molar-refractivity contribution in [2.45, 2.75) is 178 Å². The Morgan fingerprint density at radius 1 is 0.591 bits per heavy atom. The molecule has 2 aliphatic carbocycles. The van der Waals surface area contributed by atoms with E-state index in [4.69, 9.17) is 22.9 Å². The van der Waals surface area contributed by atoms with E-state index >= 15 is 0 Å². The molecule has 0 aliphatic heterocycles. The van der Waals surface area contributed by atoms with Gasteiger partial charge in [0.1, 0.15) is 54.1 Å². The highest BCUT2D eigenvalue weighted by molar-refractivity contribution is 5.99. The van der Waals surface area contributed by atoms with Crippen LogP contribution in [0.4, 0.5) is 0 Å². The quantitative estimate of drug-likeness (QED) is 0.0180. The molecular weight excluding hydrogens is 1140 g/mol. The molecule has 2 fully saturated rings. The number of primary amides is 2. The predicted molar refractivity (Wildman–Crippen MR) is 327 cm³/mol. The first-order chi connectivity index (χ1) is 42.1. The Labute approximate surface area is 511 Å². The fourth-order valence-electron chi connectivity index (χ4n) is 10.5. The maximum atomic E-state index is 14.2. The average Bonchev–Trinajstić information content (AvgIpc) is 4.13. The van der Waals surface area contributed by atoms with E-state index in [1.165, 1.54) is 26.1 Å². The normalized spacial score (nSPS) is 16.1. The minimum Gasteiger partial charge on any atom is -0.508 e. The lowest BCUT2D eigenvalue weighted by molar-refractivity contribution is -0.136. The number of unbranched alkanes of at least 4 members (excludes halogenated alkanes) is 1. The van der Waals surface area contributed by atoms with E-state index in [0.29, 0.717) is 24.8 Å². The van der Waals surface area contributed by atoms with Crippen molar-refractivity contribution >= 4 is 81.8 Å². The number of aromatic hydroxyl groups is 1. The van der Waals surface area contributed by atoms with E-state index in [0.717, 1.165) is 61.4 Å². The Hall–Kier alpha value is -8.82. The minimum absolute atomic E-state index is 0.00867. The van der Waals surface area contributed by atoms with Crippen LogP contribution in [0.5, 0.6) is 5.75 Å². The number of amides is 11. The topological polar surface area (TPSA) is 461 Å². The average molecular weight is 1230 g/mol. The second-order valence-electron chi connectivity index (χ2n) is 22.8. The van der Waals surface area contributed by atoms with Crippen molar-refractivity contribution in [1.82, 2.24) is 58.2 Å². The third kappa shape index (κ3) is 23.8. The number of nitrogens with two attached hydrogens (primary N) is 4. The van der Waals surface area contributed by atoms with E-state index in [9.17, 15) is 57.8 Å². The SMILES string of the molecule is CC[C@H](NC(=O)[C@H](CC(N)=O)NC(=O)[C@H](CCCCN)NC(=O)[C@@H](Cc1ccc(O)cc1)NC(C)=O)C(=O)N[C@@H](CC1CCCCC1)C(=O)NCC(=O)N[C@@H](CC1CC1)C(=O)N[C@@H](CCCNC(N)=NC)C(=O)N[C@@H](Cc1c[nH]c2ccccc12)C(N)=O. The molecule has 11 amide bonds. The molecule has 2 aliphatic rings. The third-order valence-corrected chi connectivity index (χ3v) is 15.6. The summed E-state index contributed by atoms with van der Waals surface area (Å²) in [4.78, 5) is 156. The smallest absolute Gasteiger partial charge is 0.243 e. The van der Waals surface area contributed by atoms with Crippen molar-refractivity contribution in [3.8, 4) is 5.75 Å². The molecule has 2 aromatic carbocycles. The summed E-state index contributed by atoms with van der Waals surface area (Å²) in [5.74, 6) is -8.28. The van der Waals surface area contributed by atoms with Crippen LogP contribution in [0.15, 0.2) is 59.7 Å². The minimum atomic E-state index is -1.64. The summed E-state index contributed by atoms with van der Waals surface area (Å²) in [6.45, 7) is 2.74. The van der Waals surface area contributed by atoms with E-state index in [1.54, 1.807) is 25.3 Å². The van der Waals surface area contributed by atoms with Crippen molar-refractivity contribution in [2.75, 3.05) is 26.7 Å². The third-order valence-electron chi connectivity index (χ3n) is 15.6. The van der Waals surface area contributed by atoms with Gasteiger partial charge in [-0.05, 0) is 99.1 Å². The van der Waals surface area contributed by atoms with Gasteiger partial charge in [-0.3, -0.25) is 57.7 Å². The standard InChI is InChI=1S/C60H90N16O12/c1-4-41(71-59(88)49(31-50(62)79)76-56(85)43(17-10-11-25-61)72-57(86)47(69-34(2)77)28-37-21-23-39(78)24-22-37)54(83)75-46(27-35-13-6-5-7-14-35)53(82)68-33-51(80)70-48(29-36-19-20-36)58(87)73-44(18-12-26-66-60(64)65-3)55(84)74-45(52(63)81)30-38-32-67-42-16-9-8-15-40(38)42/h8-9,15-16,21-24,32,35-36,41,43-49,67,78H,4-7,10-14,17-20,25-31,33,61H2,1-3H3,(H2,62,79)(H2,63,81)(H,68,82)(H,69,77)(H,70,80)(H,71,88)(H,72,86)(H,73,87)(H,74,84)(H,75,83)(H,76,85)(H3,64,65,66)/t41-,43-,44-,45-,46-,47+,48-,49-/m0/s1. The summed E-state index contributed by atoms with van der Waals surface area (Å²) in [6, 6.07) is 3.27. The Balaban J connectivity index is 1.25. The molecular formula is C60H90N16O12. The zero-order valence-electron chi connectivity index (χ0n) is 50.5. The lowest BCUT2D eigenvalue weighted by Gasteiger charge is -2.29. The molecule has 5 rings (SSSR count). The summed E-state index contributed by atoms with van der Waals surface area (Å²) >= 11 is 0. The molecule has 28 heteroatoms. The predicted octanol–water partition coefficient (Wildman–Crippen LogP) is -1.34. The first kappa shape index (κ1) is 69.9. The van der Waals surface area contributed by atoms with Crippen molar-refractivity contribution in [3.05, 3.63) is 65.9 Å². The zero-order chi connectivity index (χ0) is 64.3. The van der Waals surface area contributed by atoms with Crippen LogP contribution in [-0.4, -0.2) is 156 Å². The van der Waals surface area contributed by atoms with Crippen LogP contribution >= 0.6 is 0 Å². The highest BCUT2D eigenvalue weighted by Gasteiger charge is 2.36. The molecule has 0 spiro atoms. The number of H-pyrrole nitrogens is 1. The number of nitrogens with zero attached hydrogens (tertiary/aromatic N) is 1. The van der Waals surface area contributed by atoms with E-state index in [2.05, 4.69) is 63.1 Å². The number of phenolic OH excluding ortho intramolecular Hbond substituents is 1. The molecule has 482 valence electrons. The molecule has 1 heterocycles. The number of fused-ring (bicyclic) bond motifs is 1. The summed E-state index contributed by atoms with van der Waals surface area (Å²) in [5, 5.41) is 37.3. The first-order valence-electron chi connectivity index (χ1n) is 30.3. The Morgan fingerprint density at radius 3 is 1.74 bits per heavy atom. The number of nitrogens with one attached hydrogen (secondary N) is 11. The maximum absolute atomic E-state index is 14.2. The molecule has 0 bridgehead atoms. The van der Waals surface area contributed by atoms with Gasteiger partial charge < -0.3 is 86.2 Å². The number of rotatable bonds is 37. The number of aliphatic imine (C=N–C) groups is 1. The van der Waals surface area contributed by atoms with Gasteiger partial charge in [-0.15, -0.1) is 0 Å². The lowest BCUT2D eigenvalue weighted by Crippen LogP contribution is -2.60. The summed E-state index contributed by atoms with van der Waals surface area (Å²) < 4.78 is 0. The number of guanidine groups is 1. The molecule has 0 radical (unpaired) electrons. The van der Waals surface area contributed by atoms with Gasteiger partial charge in [-0.25, -0.2) is 0 Å². The summed E-state index contributed by atoms with van der Waals surface area (Å²) in [6.07, 6.45) is 8.60. The molecule has 20 N–H and O–H groups in total. The highest BCUT2D eigenvalue weighted by Crippen LogP contribution is 2.34. The monoisotopic (exact) mass is 1230 g/mol. The van der Waals surface area contributed by atoms with Crippen LogP contribution in [0.25, 0.3) is 10.9 Å². The summed E-state index contributed by atoms with van der Waals surface area (Å²) in [7, 11) is 1.50. The van der Waals surface area contributed by atoms with E-state index < -0.39 is 126 Å². The maximum Gasteiger partial charge on any atom is 0.243 e. The van der Waals surface area contributed by atoms with Gasteiger partial charge in [0, 0.05) is 50.5 Å². The van der Waals surface area contributed by atoms with Gasteiger partial charge >= 0.3 is 0 Å². The number of aromatic amines is 1. The zero-order valence-corrected chi connectivity index (χ0v) is 50.5. The Bertz CT molecular complexity index is 2910. The summed E-state index contributed by atoms with van der Waals surface area (Å²) in [5.41, 5.74) is 25.0. The van der Waals surface area contributed by atoms with E-state index in [-0.39, 0.29) is 81.6 Å². The van der Waals surface area contributed by atoms with Crippen molar-refractivity contribution in [3.63, 3.8) is 0 Å². The fourth-order valence-corrected chi connectivity index (χ4v) is 10.5. The molecule has 0 saturated heterocycles. The number of aromatic nitrogens is 1. The highest BCUT2D eigenvalue weighted by atomic mass is 16.3. The van der Waals surface area contributed by atoms with Crippen molar-refractivity contribution in [1.29, 1.82) is 0 Å². The molecule has 28 nitrogen and oxygen atoms in total. The van der Waals surface area contributed by atoms with Crippen LogP contribution in [0.2, 0.25) is 0 Å². The number of para-hydroxylation sites is 1. The lowest BCUT2D eigenvalue weighted by atomic mass is 9.84. The fraction of sp³-hybridized carbons (Fsp3) is 0.567. The molecule has 1 aromatic heterocycles. The van der Waals surface area contributed by atoms with Crippen LogP contribution in [0.1, 0.15) is 128 Å². The van der Waals surface area contributed by atoms with Crippen LogP contribution in [0.3, 0.4) is 0 Å². The van der Waals surface area contributed by atoms with Gasteiger partial charge in [-0.2, -0.15) is 0 Å². The van der Waals surface area contributed by atoms with Crippen LogP contribution < -0.4 is 76.1 Å². The number of hydrogen-bond acceptors (Lipinski definition) is 14. The van der Waals surface area contributed by atoms with Crippen molar-refractivity contribution < 1.29 is 57.8 Å². The van der Waals surface area contributed by atoms with Crippen molar-refractivity contribution in [2.24, 2.45) is 39.8 Å². The van der Waals surface area contributed by atoms with E-state index in [1.807, 2.05) is 24.3 Å². The number of carbonyl (C=O) groups excluding carboxylic acids is 11. The molecule has 8 atom stereocenters. The number of carbonyl (C=O) groups is 11. The molecule has 3 aromatic rings. The second kappa shape index (κ2) is 35.7. The Kier molecular flexibility index (Phi) is 28.4. The number of benzene rings is 2. The molecule has 88 heavy (non-hydrogen) atoms. The number of phenols is 1. The Morgan fingerprint density at radius 2 is 1.14 bits per heavy atom. The van der Waals surface area contributed by atoms with Crippen LogP contribution in [0, 0.1) is 11.8 Å². The van der Waals surface area contributed by atoms with Gasteiger partial charge in [0.25, 0.3) is 0 Å². The van der Waals surface area contributed by atoms with Gasteiger partial charge in [0.15, 0.2) is 5.96 Å². The first-order valence-corrected chi connectivity index (χ1v) is 30.3. The largest absolute Gasteiger partial charge is 0.508 e. The van der Waals surface area contributed by atoms with Gasteiger partial charge in [0.2, 0.25) is 65.0 Å². The van der Waals surface area contributed by atoms with Gasteiger partial charge in [-0.1, -0.05) is 82.2 Å². The van der Waals surface area contributed by atoms with Crippen LogP contribution in [-0.2, 0) is 65.6 Å².